The number of benzene rings is 1. The van der Waals surface area contributed by atoms with Crippen LogP contribution >= 0.6 is 0 Å². The second-order valence-corrected chi connectivity index (χ2v) is 7.20. The topological polar surface area (TPSA) is 251 Å². The number of hydrogen-bond donors (Lipinski definition) is 7. The van der Waals surface area contributed by atoms with Gasteiger partial charge in [-0.15, -0.1) is 0 Å². The summed E-state index contributed by atoms with van der Waals surface area (Å²) in [5.41, 5.74) is 13.7. The Balaban J connectivity index is 0.00000210. The first-order chi connectivity index (χ1) is 16.6. The van der Waals surface area contributed by atoms with Crippen LogP contribution in [-0.2, 0) is 16.1 Å². The maximum Gasteiger partial charge on any atom is 0.326 e. The van der Waals surface area contributed by atoms with Crippen molar-refractivity contribution in [1.29, 1.82) is 0 Å². The fraction of sp³-hybridized carbons (Fsp3) is 0.250. The number of nitrogens with two attached hydrogens (primary N) is 2. The van der Waals surface area contributed by atoms with Gasteiger partial charge in [0.2, 0.25) is 5.95 Å². The highest BCUT2D eigenvalue weighted by molar-refractivity contribution is 5.97. The molecule has 0 aliphatic heterocycles. The van der Waals surface area contributed by atoms with E-state index in [4.69, 9.17) is 27.1 Å². The molecule has 3 aromatic rings. The average Bonchev–Trinajstić information content (AvgIpc) is 2.83. The zero-order valence-corrected chi connectivity index (χ0v) is 18.5. The molecule has 15 nitrogen and oxygen atoms in total. The van der Waals surface area contributed by atoms with Gasteiger partial charge >= 0.3 is 11.9 Å². The Morgan fingerprint density at radius 2 is 1.71 bits per heavy atom. The number of nitrogens with zero attached hydrogens (tertiary/aromatic N) is 5. The van der Waals surface area contributed by atoms with Gasteiger partial charge in [-0.1, -0.05) is 0 Å². The highest BCUT2D eigenvalue weighted by Gasteiger charge is 2.21. The van der Waals surface area contributed by atoms with Gasteiger partial charge in [0.15, 0.2) is 17.0 Å². The summed E-state index contributed by atoms with van der Waals surface area (Å²) in [5.74, 6) is -2.91. The average molecular weight is 488 g/mol. The van der Waals surface area contributed by atoms with Crippen LogP contribution < -0.4 is 21.7 Å². The predicted molar refractivity (Wildman–Crippen MR) is 124 cm³/mol. The summed E-state index contributed by atoms with van der Waals surface area (Å²) < 4.78 is 0. The molecule has 0 spiro atoms. The minimum atomic E-state index is -1.30. The van der Waals surface area contributed by atoms with E-state index in [9.17, 15) is 19.5 Å². The molecule has 1 aromatic carbocycles. The molecule has 186 valence electrons. The number of carbonyl (C=O) groups excluding carboxylic acids is 1. The van der Waals surface area contributed by atoms with Crippen molar-refractivity contribution in [2.24, 2.45) is 0 Å². The largest absolute Gasteiger partial charge is 0.481 e. The van der Waals surface area contributed by atoms with Crippen molar-refractivity contribution in [3.8, 4) is 0 Å². The Labute approximate surface area is 198 Å². The van der Waals surface area contributed by atoms with E-state index < -0.39 is 23.9 Å². The molecule has 0 bridgehead atoms. The number of nitrogens with one attached hydrogen (secondary N) is 1. The maximum absolute atomic E-state index is 12.4. The van der Waals surface area contributed by atoms with Gasteiger partial charge in [-0.3, -0.25) is 20.1 Å². The highest BCUT2D eigenvalue weighted by atomic mass is 17.0. The van der Waals surface area contributed by atoms with Gasteiger partial charge in [0.25, 0.3) is 5.91 Å². The first-order valence-corrected chi connectivity index (χ1v) is 9.95. The molecule has 2 aromatic heterocycles. The van der Waals surface area contributed by atoms with Crippen molar-refractivity contribution in [3.05, 3.63) is 41.7 Å². The van der Waals surface area contributed by atoms with E-state index >= 15 is 0 Å². The van der Waals surface area contributed by atoms with E-state index in [1.807, 2.05) is 11.9 Å². The summed E-state index contributed by atoms with van der Waals surface area (Å²) in [6, 6.07) is 5.16. The van der Waals surface area contributed by atoms with Gasteiger partial charge in [-0.2, -0.15) is 9.97 Å². The summed E-state index contributed by atoms with van der Waals surface area (Å²) in [6.45, 7) is 0.370. The third-order valence-corrected chi connectivity index (χ3v) is 4.72. The lowest BCUT2D eigenvalue weighted by Crippen LogP contribution is -2.41. The van der Waals surface area contributed by atoms with Gasteiger partial charge in [-0.25, -0.2) is 14.8 Å². The molecular formula is C20H24N8O7. The maximum atomic E-state index is 12.4. The standard InChI is InChI=1S/C20H22N8O5.H2O2/c1-28(9-11-8-23-17-15(24-11)16(21)26-20(22)27-17)12-4-2-10(3-5-12)18(31)25-13(19(32)33)6-7-14(29)30;1-2/h2-5,8,13H,6-7,9H2,1H3,(H,25,31)(H,29,30)(H,32,33)(H4,21,22,23,26,27);1-2H/t13-;/m0./s1. The fourth-order valence-corrected chi connectivity index (χ4v) is 3.03. The molecule has 0 fully saturated rings. The molecule has 2 heterocycles. The van der Waals surface area contributed by atoms with E-state index in [1.54, 1.807) is 18.3 Å². The van der Waals surface area contributed by atoms with Crippen LogP contribution in [0.4, 0.5) is 17.5 Å². The lowest BCUT2D eigenvalue weighted by molar-refractivity contribution is -0.176. The minimum absolute atomic E-state index is 0.0138. The summed E-state index contributed by atoms with van der Waals surface area (Å²) in [5, 5.41) is 32.2. The monoisotopic (exact) mass is 488 g/mol. The molecule has 1 amide bonds. The Bertz CT molecular complexity index is 1210. The van der Waals surface area contributed by atoms with Crippen LogP contribution in [0.15, 0.2) is 30.5 Å². The van der Waals surface area contributed by atoms with Crippen LogP contribution in [0, 0.1) is 0 Å². The quantitative estimate of drug-likeness (QED) is 0.158. The molecule has 3 rings (SSSR count). The third kappa shape index (κ3) is 7.18. The van der Waals surface area contributed by atoms with Crippen LogP contribution in [0.2, 0.25) is 0 Å². The Morgan fingerprint density at radius 1 is 1.06 bits per heavy atom. The first kappa shape index (κ1) is 26.6. The molecule has 35 heavy (non-hydrogen) atoms. The number of hydrogen-bond acceptors (Lipinski definition) is 12. The van der Waals surface area contributed by atoms with Crippen molar-refractivity contribution >= 4 is 46.5 Å². The molecule has 0 unspecified atom stereocenters. The molecule has 0 radical (unpaired) electrons. The van der Waals surface area contributed by atoms with Gasteiger partial charge in [0.05, 0.1) is 18.4 Å². The van der Waals surface area contributed by atoms with E-state index in [0.717, 1.165) is 5.69 Å². The summed E-state index contributed by atoms with van der Waals surface area (Å²) in [7, 11) is 1.82. The van der Waals surface area contributed by atoms with Gasteiger partial charge < -0.3 is 31.9 Å². The molecular weight excluding hydrogens is 464 g/mol. The van der Waals surface area contributed by atoms with Crippen molar-refractivity contribution < 1.29 is 35.1 Å². The zero-order chi connectivity index (χ0) is 26.1. The Kier molecular flexibility index (Phi) is 9.13. The number of fused-ring (bicyclic) bond motifs is 1. The van der Waals surface area contributed by atoms with Gasteiger partial charge in [0.1, 0.15) is 6.04 Å². The molecule has 0 saturated carbocycles. The second kappa shape index (κ2) is 12.0. The molecule has 0 saturated heterocycles. The summed E-state index contributed by atoms with van der Waals surface area (Å²) in [6.07, 6.45) is 0.964. The van der Waals surface area contributed by atoms with Crippen LogP contribution in [0.5, 0.6) is 0 Å². The van der Waals surface area contributed by atoms with Crippen LogP contribution in [-0.4, -0.2) is 71.6 Å². The predicted octanol–water partition coefficient (Wildman–Crippen LogP) is 0.286. The lowest BCUT2D eigenvalue weighted by atomic mass is 10.1. The summed E-state index contributed by atoms with van der Waals surface area (Å²) >= 11 is 0. The number of anilines is 3. The number of aliphatic carboxylic acids is 2. The van der Waals surface area contributed by atoms with Crippen molar-refractivity contribution in [3.63, 3.8) is 0 Å². The van der Waals surface area contributed by atoms with Crippen molar-refractivity contribution in [1.82, 2.24) is 25.3 Å². The van der Waals surface area contributed by atoms with Crippen LogP contribution in [0.1, 0.15) is 28.9 Å². The number of carboxylic acids is 2. The van der Waals surface area contributed by atoms with Crippen molar-refractivity contribution in [2.45, 2.75) is 25.4 Å². The van der Waals surface area contributed by atoms with Gasteiger partial charge in [0, 0.05) is 24.7 Å². The lowest BCUT2D eigenvalue weighted by Gasteiger charge is -2.19. The molecule has 15 heteroatoms. The third-order valence-electron chi connectivity index (χ3n) is 4.72. The molecule has 9 N–H and O–H groups in total. The smallest absolute Gasteiger partial charge is 0.326 e. The minimum Gasteiger partial charge on any atom is -0.481 e. The van der Waals surface area contributed by atoms with Crippen LogP contribution in [0.25, 0.3) is 11.2 Å². The Hall–Kier alpha value is -4.63. The number of rotatable bonds is 9. The number of nitrogen functional groups attached to an aromatic ring is 2. The SMILES string of the molecule is CN(Cc1cnc2nc(N)nc(N)c2n1)c1ccc(C(=O)N[C@@H](CCC(=O)O)C(=O)O)cc1.OO. The molecule has 0 aliphatic rings. The molecule has 0 aliphatic carbocycles. The second-order valence-electron chi connectivity index (χ2n) is 7.20. The van der Waals surface area contributed by atoms with Gasteiger partial charge in [-0.05, 0) is 30.7 Å². The summed E-state index contributed by atoms with van der Waals surface area (Å²) in [4.78, 5) is 52.7. The van der Waals surface area contributed by atoms with E-state index in [-0.39, 0.29) is 30.2 Å². The van der Waals surface area contributed by atoms with E-state index in [1.165, 1.54) is 12.1 Å². The number of aromatic nitrogens is 4. The van der Waals surface area contributed by atoms with E-state index in [2.05, 4.69) is 25.3 Å². The number of carbonyl (C=O) groups is 3. The van der Waals surface area contributed by atoms with Crippen molar-refractivity contribution in [2.75, 3.05) is 23.4 Å². The van der Waals surface area contributed by atoms with E-state index in [0.29, 0.717) is 23.4 Å². The van der Waals surface area contributed by atoms with Crippen LogP contribution in [0.3, 0.4) is 0 Å². The normalized spacial score (nSPS) is 11.2. The molecule has 1 atom stereocenters. The Morgan fingerprint density at radius 3 is 2.31 bits per heavy atom. The number of amides is 1. The first-order valence-electron chi connectivity index (χ1n) is 9.95. The fourth-order valence-electron chi connectivity index (χ4n) is 3.03. The number of carboxylic acid groups (broad SMARTS) is 2. The zero-order valence-electron chi connectivity index (χ0n) is 18.5. The highest BCUT2D eigenvalue weighted by Crippen LogP contribution is 2.19.